The Morgan fingerprint density at radius 3 is 2.56 bits per heavy atom. The number of ether oxygens (including phenoxy) is 1. The molecule has 174 valence electrons. The predicted molar refractivity (Wildman–Crippen MR) is 129 cm³/mol. The molecule has 3 rings (SSSR count). The molecule has 0 saturated heterocycles. The van der Waals surface area contributed by atoms with Crippen LogP contribution in [0, 0.1) is 12.8 Å². The largest absolute Gasteiger partial charge is 0.491 e. The molecule has 1 aromatic carbocycles. The number of fused-ring (bicyclic) bond motifs is 1. The molecular formula is C25H35N3O3S. The first kappa shape index (κ1) is 24.1. The van der Waals surface area contributed by atoms with E-state index in [0.717, 1.165) is 17.7 Å². The van der Waals surface area contributed by atoms with Crippen LogP contribution in [0.4, 0.5) is 4.79 Å². The van der Waals surface area contributed by atoms with Crippen molar-refractivity contribution in [1.82, 2.24) is 15.1 Å². The Morgan fingerprint density at radius 1 is 1.19 bits per heavy atom. The third-order valence-corrected chi connectivity index (χ3v) is 6.45. The van der Waals surface area contributed by atoms with Crippen LogP contribution in [0.2, 0.25) is 0 Å². The van der Waals surface area contributed by atoms with Gasteiger partial charge in [0.25, 0.3) is 0 Å². The van der Waals surface area contributed by atoms with Crippen molar-refractivity contribution >= 4 is 23.3 Å². The molecule has 3 amide bonds. The summed E-state index contributed by atoms with van der Waals surface area (Å²) in [4.78, 5) is 31.0. The summed E-state index contributed by atoms with van der Waals surface area (Å²) in [6.07, 6.45) is 0.835. The van der Waals surface area contributed by atoms with Crippen molar-refractivity contribution in [1.29, 1.82) is 0 Å². The van der Waals surface area contributed by atoms with Crippen molar-refractivity contribution in [3.8, 4) is 5.75 Å². The number of nitrogens with zero attached hydrogens (tertiary/aromatic N) is 2. The van der Waals surface area contributed by atoms with Gasteiger partial charge < -0.3 is 19.9 Å². The molecule has 1 atom stereocenters. The van der Waals surface area contributed by atoms with Gasteiger partial charge in [-0.3, -0.25) is 4.79 Å². The van der Waals surface area contributed by atoms with E-state index in [-0.39, 0.29) is 36.5 Å². The molecule has 2 heterocycles. The summed E-state index contributed by atoms with van der Waals surface area (Å²) in [5.41, 5.74) is 2.33. The van der Waals surface area contributed by atoms with E-state index in [9.17, 15) is 9.59 Å². The molecule has 0 fully saturated rings. The fourth-order valence-electron chi connectivity index (χ4n) is 3.94. The lowest BCUT2D eigenvalue weighted by Crippen LogP contribution is -2.51. The lowest BCUT2D eigenvalue weighted by molar-refractivity contribution is -0.135. The van der Waals surface area contributed by atoms with Gasteiger partial charge in [-0.1, -0.05) is 31.5 Å². The monoisotopic (exact) mass is 457 g/mol. The number of nitrogens with one attached hydrogen (secondary N) is 1. The quantitative estimate of drug-likeness (QED) is 0.628. The van der Waals surface area contributed by atoms with Gasteiger partial charge in [-0.25, -0.2) is 4.79 Å². The van der Waals surface area contributed by atoms with Crippen LogP contribution < -0.4 is 10.1 Å². The Morgan fingerprint density at radius 2 is 1.91 bits per heavy atom. The van der Waals surface area contributed by atoms with Crippen LogP contribution in [0.3, 0.4) is 0 Å². The Bertz CT molecular complexity index is 907. The van der Waals surface area contributed by atoms with Gasteiger partial charge in [0.1, 0.15) is 18.9 Å². The highest BCUT2D eigenvalue weighted by Crippen LogP contribution is 2.34. The first-order chi connectivity index (χ1) is 15.2. The van der Waals surface area contributed by atoms with Gasteiger partial charge in [0.05, 0.1) is 6.04 Å². The van der Waals surface area contributed by atoms with E-state index in [2.05, 4.69) is 30.6 Å². The molecule has 0 aliphatic carbocycles. The van der Waals surface area contributed by atoms with Gasteiger partial charge in [-0.15, -0.1) is 11.3 Å². The number of rotatable bonds is 8. The van der Waals surface area contributed by atoms with Crippen molar-refractivity contribution in [2.45, 2.75) is 53.1 Å². The topological polar surface area (TPSA) is 61.9 Å². The first-order valence-electron chi connectivity index (χ1n) is 11.3. The molecule has 2 aromatic rings. The summed E-state index contributed by atoms with van der Waals surface area (Å²) in [6, 6.07) is 9.72. The van der Waals surface area contributed by atoms with Gasteiger partial charge in [0.2, 0.25) is 5.91 Å². The summed E-state index contributed by atoms with van der Waals surface area (Å²) >= 11 is 1.73. The fraction of sp³-hybridized carbons (Fsp3) is 0.520. The van der Waals surface area contributed by atoms with Gasteiger partial charge in [-0.2, -0.15) is 0 Å². The minimum Gasteiger partial charge on any atom is -0.491 e. The zero-order valence-corrected chi connectivity index (χ0v) is 20.6. The zero-order valence-electron chi connectivity index (χ0n) is 19.8. The van der Waals surface area contributed by atoms with Gasteiger partial charge in [0.15, 0.2) is 0 Å². The Balaban J connectivity index is 1.75. The number of benzene rings is 1. The number of amides is 3. The summed E-state index contributed by atoms with van der Waals surface area (Å²) in [7, 11) is 0. The second-order valence-electron chi connectivity index (χ2n) is 9.15. The summed E-state index contributed by atoms with van der Waals surface area (Å²) in [5.74, 6) is 1.02. The molecule has 1 aromatic heterocycles. The average molecular weight is 458 g/mol. The third-order valence-electron chi connectivity index (χ3n) is 5.46. The molecule has 0 radical (unpaired) electrons. The Hall–Kier alpha value is -2.54. The zero-order chi connectivity index (χ0) is 23.3. The number of carbonyl (C=O) groups excluding carboxylic acids is 2. The molecule has 0 spiro atoms. The maximum Gasteiger partial charge on any atom is 0.318 e. The van der Waals surface area contributed by atoms with Crippen LogP contribution >= 0.6 is 11.3 Å². The summed E-state index contributed by atoms with van der Waals surface area (Å²) < 4.78 is 6.09. The SMILES string of the molecule is Cc1ccc(OCC2c3ccsc3CCN2C(=O)CN(CC(C)C)C(=O)NC(C)C)cc1. The van der Waals surface area contributed by atoms with E-state index >= 15 is 0 Å². The van der Waals surface area contributed by atoms with E-state index in [1.807, 2.05) is 49.9 Å². The highest BCUT2D eigenvalue weighted by molar-refractivity contribution is 7.10. The smallest absolute Gasteiger partial charge is 0.318 e. The number of hydrogen-bond donors (Lipinski definition) is 1. The highest BCUT2D eigenvalue weighted by atomic mass is 32.1. The third kappa shape index (κ3) is 6.25. The van der Waals surface area contributed by atoms with Gasteiger partial charge in [-0.05, 0) is 62.3 Å². The second-order valence-corrected chi connectivity index (χ2v) is 10.2. The Labute approximate surface area is 195 Å². The first-order valence-corrected chi connectivity index (χ1v) is 12.2. The van der Waals surface area contributed by atoms with Crippen LogP contribution in [-0.4, -0.2) is 54.0 Å². The van der Waals surface area contributed by atoms with Crippen molar-refractivity contribution in [3.05, 3.63) is 51.7 Å². The lowest BCUT2D eigenvalue weighted by atomic mass is 10.0. The standard InChI is InChI=1S/C25H35N3O3S/c1-17(2)14-27(25(30)26-18(3)4)15-24(29)28-12-10-23-21(11-13-32-23)22(28)16-31-20-8-6-19(5)7-9-20/h6-9,11,13,17-18,22H,10,12,14-16H2,1-5H3,(H,26,30). The number of urea groups is 1. The molecule has 1 N–H and O–H groups in total. The fourth-order valence-corrected chi connectivity index (χ4v) is 4.86. The van der Waals surface area contributed by atoms with Crippen molar-refractivity contribution in [2.75, 3.05) is 26.2 Å². The summed E-state index contributed by atoms with van der Waals surface area (Å²) in [6.45, 7) is 11.6. The maximum absolute atomic E-state index is 13.4. The van der Waals surface area contributed by atoms with E-state index in [1.54, 1.807) is 16.2 Å². The van der Waals surface area contributed by atoms with Crippen molar-refractivity contribution in [2.24, 2.45) is 5.92 Å². The second kappa shape index (κ2) is 10.9. The molecule has 6 nitrogen and oxygen atoms in total. The predicted octanol–water partition coefficient (Wildman–Crippen LogP) is 4.64. The van der Waals surface area contributed by atoms with Crippen LogP contribution in [0.25, 0.3) is 0 Å². The maximum atomic E-state index is 13.4. The van der Waals surface area contributed by atoms with Crippen molar-refractivity contribution < 1.29 is 14.3 Å². The van der Waals surface area contributed by atoms with Crippen LogP contribution in [-0.2, 0) is 11.2 Å². The molecule has 0 bridgehead atoms. The Kier molecular flexibility index (Phi) is 8.18. The van der Waals surface area contributed by atoms with Crippen LogP contribution in [0.5, 0.6) is 5.75 Å². The molecule has 32 heavy (non-hydrogen) atoms. The minimum absolute atomic E-state index is 0.0197. The van der Waals surface area contributed by atoms with Gasteiger partial charge >= 0.3 is 6.03 Å². The van der Waals surface area contributed by atoms with Crippen LogP contribution in [0.15, 0.2) is 35.7 Å². The van der Waals surface area contributed by atoms with E-state index in [4.69, 9.17) is 4.74 Å². The molecule has 1 aliphatic heterocycles. The number of aryl methyl sites for hydroxylation is 1. The van der Waals surface area contributed by atoms with E-state index < -0.39 is 0 Å². The molecule has 7 heteroatoms. The lowest BCUT2D eigenvalue weighted by Gasteiger charge is -2.37. The van der Waals surface area contributed by atoms with Crippen LogP contribution in [0.1, 0.15) is 49.7 Å². The molecule has 0 saturated carbocycles. The molecular weight excluding hydrogens is 422 g/mol. The average Bonchev–Trinajstić information content (AvgIpc) is 3.20. The van der Waals surface area contributed by atoms with Gasteiger partial charge in [0, 0.05) is 24.0 Å². The van der Waals surface area contributed by atoms with Crippen molar-refractivity contribution in [3.63, 3.8) is 0 Å². The molecule has 1 unspecified atom stereocenters. The number of hydrogen-bond acceptors (Lipinski definition) is 4. The number of thiophene rings is 1. The van der Waals surface area contributed by atoms with E-state index in [1.165, 1.54) is 10.4 Å². The number of carbonyl (C=O) groups is 2. The molecule has 1 aliphatic rings. The normalized spacial score (nSPS) is 15.6. The minimum atomic E-state index is -0.192. The highest BCUT2D eigenvalue weighted by Gasteiger charge is 2.33. The summed E-state index contributed by atoms with van der Waals surface area (Å²) in [5, 5.41) is 5.01. The van der Waals surface area contributed by atoms with E-state index in [0.29, 0.717) is 19.7 Å².